The van der Waals surface area contributed by atoms with E-state index in [1.807, 2.05) is 20.8 Å². The third-order valence-electron chi connectivity index (χ3n) is 2.27. The molecule has 80 valence electrons. The van der Waals surface area contributed by atoms with Crippen LogP contribution in [0.1, 0.15) is 33.6 Å². The second-order valence-corrected chi connectivity index (χ2v) is 4.69. The zero-order valence-corrected chi connectivity index (χ0v) is 9.04. The molecule has 3 nitrogen and oxygen atoms in total. The van der Waals surface area contributed by atoms with Gasteiger partial charge in [0.05, 0.1) is 6.61 Å². The third kappa shape index (κ3) is 2.84. The van der Waals surface area contributed by atoms with Crippen LogP contribution in [0.5, 0.6) is 0 Å². The van der Waals surface area contributed by atoms with Gasteiger partial charge in [0, 0.05) is 17.9 Å². The second-order valence-electron chi connectivity index (χ2n) is 4.69. The van der Waals surface area contributed by atoms with Crippen molar-refractivity contribution in [1.82, 2.24) is 0 Å². The van der Waals surface area contributed by atoms with Crippen LogP contribution in [0, 0.1) is 5.41 Å². The van der Waals surface area contributed by atoms with E-state index >= 15 is 0 Å². The highest BCUT2D eigenvalue weighted by molar-refractivity contribution is 5.94. The van der Waals surface area contributed by atoms with Crippen molar-refractivity contribution >= 4 is 5.78 Å². The molecule has 1 atom stereocenters. The average Bonchev–Trinajstić information content (AvgIpc) is 2.50. The molecule has 0 unspecified atom stereocenters. The maximum atomic E-state index is 11.6. The summed E-state index contributed by atoms with van der Waals surface area (Å²) in [5.41, 5.74) is -0.354. The molecule has 0 saturated carbocycles. The highest BCUT2D eigenvalue weighted by Gasteiger charge is 2.24. The smallest absolute Gasteiger partial charge is 0.164 e. The molecule has 0 spiro atoms. The van der Waals surface area contributed by atoms with E-state index in [1.165, 1.54) is 0 Å². The van der Waals surface area contributed by atoms with Gasteiger partial charge in [-0.25, -0.2) is 0 Å². The van der Waals surface area contributed by atoms with Crippen LogP contribution in [0.2, 0.25) is 0 Å². The van der Waals surface area contributed by atoms with Gasteiger partial charge in [0.15, 0.2) is 5.78 Å². The van der Waals surface area contributed by atoms with Gasteiger partial charge in [0.1, 0.15) is 11.9 Å². The van der Waals surface area contributed by atoms with E-state index in [0.29, 0.717) is 5.76 Å². The minimum atomic E-state index is -0.354. The van der Waals surface area contributed by atoms with Crippen molar-refractivity contribution in [3.05, 3.63) is 11.8 Å². The van der Waals surface area contributed by atoms with Crippen molar-refractivity contribution in [3.8, 4) is 0 Å². The first-order valence-electron chi connectivity index (χ1n) is 4.96. The van der Waals surface area contributed by atoms with E-state index in [0.717, 1.165) is 12.8 Å². The number of allylic oxidation sites excluding steroid dienone is 2. The Morgan fingerprint density at radius 2 is 2.29 bits per heavy atom. The Balaban J connectivity index is 2.59. The van der Waals surface area contributed by atoms with E-state index in [9.17, 15) is 4.79 Å². The molecule has 0 aliphatic carbocycles. The summed E-state index contributed by atoms with van der Waals surface area (Å²) in [5, 5.41) is 8.84. The standard InChI is InChI=1S/C11H18O3/c1-11(2,3)10(13)6-8-4-5-9(7-12)14-8/h6,9,12H,4-5,7H2,1-3H3/b8-6+/t9-/m1/s1. The van der Waals surface area contributed by atoms with Crippen molar-refractivity contribution in [2.45, 2.75) is 39.7 Å². The maximum absolute atomic E-state index is 11.6. The number of ketones is 1. The summed E-state index contributed by atoms with van der Waals surface area (Å²) in [6.07, 6.45) is 3.01. The molecule has 0 radical (unpaired) electrons. The minimum absolute atomic E-state index is 0.0288. The van der Waals surface area contributed by atoms with E-state index < -0.39 is 0 Å². The predicted octanol–water partition coefficient (Wildman–Crippen LogP) is 1.66. The fourth-order valence-electron chi connectivity index (χ4n) is 1.23. The average molecular weight is 198 g/mol. The number of hydrogen-bond donors (Lipinski definition) is 1. The molecule has 0 aromatic carbocycles. The quantitative estimate of drug-likeness (QED) is 0.686. The first kappa shape index (κ1) is 11.2. The topological polar surface area (TPSA) is 46.5 Å². The molecule has 3 heteroatoms. The van der Waals surface area contributed by atoms with Crippen molar-refractivity contribution < 1.29 is 14.6 Å². The fraction of sp³-hybridized carbons (Fsp3) is 0.727. The van der Waals surface area contributed by atoms with Crippen molar-refractivity contribution in [3.63, 3.8) is 0 Å². The summed E-state index contributed by atoms with van der Waals surface area (Å²) < 4.78 is 5.37. The first-order chi connectivity index (χ1) is 6.43. The summed E-state index contributed by atoms with van der Waals surface area (Å²) in [6, 6.07) is 0. The van der Waals surface area contributed by atoms with Gasteiger partial charge in [-0.15, -0.1) is 0 Å². The maximum Gasteiger partial charge on any atom is 0.164 e. The van der Waals surface area contributed by atoms with Gasteiger partial charge >= 0.3 is 0 Å². The lowest BCUT2D eigenvalue weighted by molar-refractivity contribution is -0.121. The van der Waals surface area contributed by atoms with Crippen LogP contribution < -0.4 is 0 Å². The van der Waals surface area contributed by atoms with Gasteiger partial charge in [0.25, 0.3) is 0 Å². The molecule has 0 aromatic rings. The Morgan fingerprint density at radius 1 is 1.64 bits per heavy atom. The molecule has 1 fully saturated rings. The zero-order chi connectivity index (χ0) is 10.8. The number of rotatable bonds is 2. The lowest BCUT2D eigenvalue weighted by Crippen LogP contribution is -2.18. The number of aliphatic hydroxyl groups excluding tert-OH is 1. The normalized spacial score (nSPS) is 25.1. The summed E-state index contributed by atoms with van der Waals surface area (Å²) in [6.45, 7) is 5.67. The highest BCUT2D eigenvalue weighted by atomic mass is 16.5. The number of carbonyl (C=O) groups is 1. The second kappa shape index (κ2) is 4.13. The lowest BCUT2D eigenvalue weighted by atomic mass is 9.90. The van der Waals surface area contributed by atoms with Crippen LogP contribution >= 0.6 is 0 Å². The van der Waals surface area contributed by atoms with Gasteiger partial charge < -0.3 is 9.84 Å². The van der Waals surface area contributed by atoms with Gasteiger partial charge in [-0.2, -0.15) is 0 Å². The summed E-state index contributed by atoms with van der Waals surface area (Å²) >= 11 is 0. The van der Waals surface area contributed by atoms with E-state index in [-0.39, 0.29) is 23.9 Å². The Bertz CT molecular complexity index is 248. The number of carbonyl (C=O) groups excluding carboxylic acids is 1. The molecule has 0 bridgehead atoms. The highest BCUT2D eigenvalue weighted by Crippen LogP contribution is 2.25. The van der Waals surface area contributed by atoms with E-state index in [2.05, 4.69) is 0 Å². The third-order valence-corrected chi connectivity index (χ3v) is 2.27. The predicted molar refractivity (Wildman–Crippen MR) is 53.7 cm³/mol. The van der Waals surface area contributed by atoms with E-state index in [1.54, 1.807) is 6.08 Å². The molecule has 1 N–H and O–H groups in total. The Labute approximate surface area is 84.8 Å². The Morgan fingerprint density at radius 3 is 2.71 bits per heavy atom. The van der Waals surface area contributed by atoms with Gasteiger partial charge in [0.2, 0.25) is 0 Å². The van der Waals surface area contributed by atoms with Gasteiger partial charge in [-0.05, 0) is 6.42 Å². The molecule has 0 aromatic heterocycles. The zero-order valence-electron chi connectivity index (χ0n) is 9.04. The van der Waals surface area contributed by atoms with Crippen LogP contribution in [0.4, 0.5) is 0 Å². The molecule has 14 heavy (non-hydrogen) atoms. The molecule has 1 saturated heterocycles. The molecule has 1 aliphatic rings. The van der Waals surface area contributed by atoms with Crippen LogP contribution in [0.3, 0.4) is 0 Å². The van der Waals surface area contributed by atoms with Crippen molar-refractivity contribution in [2.24, 2.45) is 5.41 Å². The largest absolute Gasteiger partial charge is 0.492 e. The monoisotopic (exact) mass is 198 g/mol. The Hall–Kier alpha value is -0.830. The summed E-state index contributed by atoms with van der Waals surface area (Å²) in [4.78, 5) is 11.6. The molecule has 1 aliphatic heterocycles. The fourth-order valence-corrected chi connectivity index (χ4v) is 1.23. The molecule has 0 amide bonds. The molecular formula is C11H18O3. The minimum Gasteiger partial charge on any atom is -0.492 e. The summed E-state index contributed by atoms with van der Waals surface area (Å²) in [5.74, 6) is 0.787. The SMILES string of the molecule is CC(C)(C)C(=O)/C=C1\CC[C@H](CO)O1. The van der Waals surface area contributed by atoms with Gasteiger partial charge in [-0.3, -0.25) is 4.79 Å². The summed E-state index contributed by atoms with van der Waals surface area (Å²) in [7, 11) is 0. The van der Waals surface area contributed by atoms with Crippen LogP contribution in [-0.4, -0.2) is 23.6 Å². The lowest BCUT2D eigenvalue weighted by Gasteiger charge is -2.14. The van der Waals surface area contributed by atoms with Gasteiger partial charge in [-0.1, -0.05) is 20.8 Å². The van der Waals surface area contributed by atoms with Crippen LogP contribution in [0.15, 0.2) is 11.8 Å². The van der Waals surface area contributed by atoms with Crippen molar-refractivity contribution in [2.75, 3.05) is 6.61 Å². The molecule has 1 rings (SSSR count). The van der Waals surface area contributed by atoms with Crippen LogP contribution in [0.25, 0.3) is 0 Å². The molecule has 1 heterocycles. The van der Waals surface area contributed by atoms with Crippen LogP contribution in [-0.2, 0) is 9.53 Å². The number of hydrogen-bond acceptors (Lipinski definition) is 3. The Kier molecular flexibility index (Phi) is 3.32. The number of ether oxygens (including phenoxy) is 1. The number of aliphatic hydroxyl groups is 1. The molecular weight excluding hydrogens is 180 g/mol. The van der Waals surface area contributed by atoms with E-state index in [4.69, 9.17) is 9.84 Å². The first-order valence-corrected chi connectivity index (χ1v) is 4.96. The van der Waals surface area contributed by atoms with Crippen molar-refractivity contribution in [1.29, 1.82) is 0 Å².